The number of hydrogen-bond donors (Lipinski definition) is 1. The highest BCUT2D eigenvalue weighted by Crippen LogP contribution is 2.24. The van der Waals surface area contributed by atoms with Crippen molar-refractivity contribution in [2.24, 2.45) is 5.92 Å². The minimum atomic E-state index is -3.50. The molecule has 2 aromatic rings. The van der Waals surface area contributed by atoms with Crippen LogP contribution in [0.1, 0.15) is 36.0 Å². The first-order chi connectivity index (χ1) is 11.9. The van der Waals surface area contributed by atoms with E-state index in [1.165, 1.54) is 22.5 Å². The maximum Gasteiger partial charge on any atom is 0.277 e. The summed E-state index contributed by atoms with van der Waals surface area (Å²) in [7, 11) is -3.50. The monoisotopic (exact) mass is 363 g/mol. The number of benzene rings is 1. The molecule has 1 saturated heterocycles. The fourth-order valence-corrected chi connectivity index (χ4v) is 4.49. The van der Waals surface area contributed by atoms with Gasteiger partial charge in [0.25, 0.3) is 5.91 Å². The third-order valence-electron chi connectivity index (χ3n) is 4.23. The molecule has 3 rings (SSSR count). The zero-order valence-corrected chi connectivity index (χ0v) is 15.0. The average molecular weight is 363 g/mol. The van der Waals surface area contributed by atoms with Crippen molar-refractivity contribution < 1.29 is 17.7 Å². The van der Waals surface area contributed by atoms with Gasteiger partial charge in [0, 0.05) is 24.8 Å². The zero-order chi connectivity index (χ0) is 18.0. The van der Waals surface area contributed by atoms with Crippen molar-refractivity contribution in [2.75, 3.05) is 18.4 Å². The molecule has 0 saturated carbocycles. The van der Waals surface area contributed by atoms with Crippen molar-refractivity contribution in [3.05, 3.63) is 41.8 Å². The number of aryl methyl sites for hydroxylation is 1. The van der Waals surface area contributed by atoms with E-state index in [1.807, 2.05) is 0 Å². The van der Waals surface area contributed by atoms with Crippen molar-refractivity contribution in [3.8, 4) is 0 Å². The maximum absolute atomic E-state index is 12.7. The molecule has 25 heavy (non-hydrogen) atoms. The van der Waals surface area contributed by atoms with Gasteiger partial charge in [0.15, 0.2) is 5.69 Å². The van der Waals surface area contributed by atoms with E-state index >= 15 is 0 Å². The predicted octanol–water partition coefficient (Wildman–Crippen LogP) is 2.66. The van der Waals surface area contributed by atoms with E-state index in [9.17, 15) is 13.2 Å². The first kappa shape index (κ1) is 17.6. The van der Waals surface area contributed by atoms with Crippen LogP contribution in [0.4, 0.5) is 5.69 Å². The number of hydrogen-bond acceptors (Lipinski definition) is 5. The Morgan fingerprint density at radius 2 is 2.04 bits per heavy atom. The van der Waals surface area contributed by atoms with Gasteiger partial charge in [0.05, 0.1) is 4.90 Å². The van der Waals surface area contributed by atoms with E-state index < -0.39 is 15.9 Å². The van der Waals surface area contributed by atoms with Gasteiger partial charge in [-0.15, -0.1) is 0 Å². The molecule has 0 spiro atoms. The highest BCUT2D eigenvalue weighted by molar-refractivity contribution is 7.89. The topological polar surface area (TPSA) is 92.5 Å². The normalized spacial score (nSPS) is 18.9. The van der Waals surface area contributed by atoms with Crippen LogP contribution in [0.25, 0.3) is 0 Å². The van der Waals surface area contributed by atoms with Crippen LogP contribution in [-0.4, -0.2) is 36.9 Å². The second kappa shape index (κ2) is 6.97. The molecule has 134 valence electrons. The molecular weight excluding hydrogens is 342 g/mol. The number of anilines is 1. The van der Waals surface area contributed by atoms with Crippen molar-refractivity contribution in [1.82, 2.24) is 9.46 Å². The van der Waals surface area contributed by atoms with Crippen LogP contribution in [0.3, 0.4) is 0 Å². The lowest BCUT2D eigenvalue weighted by atomic mass is 10.0. The molecule has 2 heterocycles. The highest BCUT2D eigenvalue weighted by Gasteiger charge is 2.28. The molecule has 1 aliphatic rings. The van der Waals surface area contributed by atoms with Gasteiger partial charge >= 0.3 is 0 Å². The lowest BCUT2D eigenvalue weighted by molar-refractivity contribution is 0.101. The summed E-state index contributed by atoms with van der Waals surface area (Å²) in [6.07, 6.45) is 1.93. The molecule has 1 aliphatic heterocycles. The van der Waals surface area contributed by atoms with E-state index in [0.717, 1.165) is 12.8 Å². The van der Waals surface area contributed by atoms with Gasteiger partial charge in [0.1, 0.15) is 5.76 Å². The molecule has 1 aromatic heterocycles. The summed E-state index contributed by atoms with van der Waals surface area (Å²) < 4.78 is 31.8. The summed E-state index contributed by atoms with van der Waals surface area (Å²) in [6, 6.07) is 7.71. The number of aromatic nitrogens is 1. The van der Waals surface area contributed by atoms with E-state index in [2.05, 4.69) is 17.4 Å². The summed E-state index contributed by atoms with van der Waals surface area (Å²) in [5.41, 5.74) is 0.674. The molecule has 0 radical (unpaired) electrons. The molecule has 1 atom stereocenters. The molecule has 1 aromatic carbocycles. The molecule has 8 heteroatoms. The fraction of sp³-hybridized carbons (Fsp3) is 0.412. The first-order valence-corrected chi connectivity index (χ1v) is 9.65. The van der Waals surface area contributed by atoms with Gasteiger partial charge in [-0.2, -0.15) is 4.31 Å². The number of carbonyl (C=O) groups excluding carboxylic acids is 1. The van der Waals surface area contributed by atoms with Crippen LogP contribution in [0.2, 0.25) is 0 Å². The van der Waals surface area contributed by atoms with Gasteiger partial charge < -0.3 is 9.84 Å². The number of nitrogens with one attached hydrogen (secondary N) is 1. The molecular formula is C17H21N3O4S. The van der Waals surface area contributed by atoms with Crippen LogP contribution in [0.15, 0.2) is 39.8 Å². The minimum Gasteiger partial charge on any atom is -0.361 e. The predicted molar refractivity (Wildman–Crippen MR) is 92.8 cm³/mol. The number of nitrogens with zero attached hydrogens (tertiary/aromatic N) is 2. The molecule has 0 aliphatic carbocycles. The lowest BCUT2D eigenvalue weighted by Gasteiger charge is -2.30. The lowest BCUT2D eigenvalue weighted by Crippen LogP contribution is -2.39. The van der Waals surface area contributed by atoms with Gasteiger partial charge in [-0.05, 0) is 49.9 Å². The van der Waals surface area contributed by atoms with Crippen LogP contribution >= 0.6 is 0 Å². The highest BCUT2D eigenvalue weighted by atomic mass is 32.2. The zero-order valence-electron chi connectivity index (χ0n) is 14.2. The number of piperidine rings is 1. The van der Waals surface area contributed by atoms with Crippen molar-refractivity contribution in [1.29, 1.82) is 0 Å². The number of sulfonamides is 1. The number of rotatable bonds is 4. The minimum absolute atomic E-state index is 0.177. The second-order valence-electron chi connectivity index (χ2n) is 6.41. The molecule has 0 unspecified atom stereocenters. The third-order valence-corrected chi connectivity index (χ3v) is 6.11. The molecule has 7 nitrogen and oxygen atoms in total. The first-order valence-electron chi connectivity index (χ1n) is 8.21. The average Bonchev–Trinajstić information content (AvgIpc) is 3.02. The Labute approximate surface area is 147 Å². The quantitative estimate of drug-likeness (QED) is 0.901. The van der Waals surface area contributed by atoms with Crippen molar-refractivity contribution in [2.45, 2.75) is 31.6 Å². The number of amides is 1. The van der Waals surface area contributed by atoms with Gasteiger partial charge in [-0.3, -0.25) is 4.79 Å². The molecule has 1 amide bonds. The largest absolute Gasteiger partial charge is 0.361 e. The van der Waals surface area contributed by atoms with Gasteiger partial charge in [-0.25, -0.2) is 8.42 Å². The van der Waals surface area contributed by atoms with E-state index in [-0.39, 0.29) is 10.6 Å². The SMILES string of the molecule is Cc1cc(C(=O)Nc2ccc(S(=O)(=O)N3CCC[C@@H](C)C3)cc2)no1. The van der Waals surface area contributed by atoms with E-state index in [4.69, 9.17) is 4.52 Å². The van der Waals surface area contributed by atoms with Crippen LogP contribution in [-0.2, 0) is 10.0 Å². The Kier molecular flexibility index (Phi) is 4.91. The van der Waals surface area contributed by atoms with E-state index in [0.29, 0.717) is 30.5 Å². The summed E-state index contributed by atoms with van der Waals surface area (Å²) in [4.78, 5) is 12.3. The Morgan fingerprint density at radius 1 is 1.32 bits per heavy atom. The third kappa shape index (κ3) is 3.91. The Hall–Kier alpha value is -2.19. The number of carbonyl (C=O) groups is 1. The van der Waals surface area contributed by atoms with Gasteiger partial charge in [0.2, 0.25) is 10.0 Å². The molecule has 1 N–H and O–H groups in total. The Balaban J connectivity index is 1.72. The smallest absolute Gasteiger partial charge is 0.277 e. The second-order valence-corrected chi connectivity index (χ2v) is 8.35. The fourth-order valence-electron chi connectivity index (χ4n) is 2.89. The molecule has 1 fully saturated rings. The van der Waals surface area contributed by atoms with E-state index in [1.54, 1.807) is 19.1 Å². The maximum atomic E-state index is 12.7. The standard InChI is InChI=1S/C17H21N3O4S/c1-12-4-3-9-20(11-12)25(22,23)15-7-5-14(6-8-15)18-17(21)16-10-13(2)24-19-16/h5-8,10,12H,3-4,9,11H2,1-2H3,(H,18,21)/t12-/m1/s1. The Bertz CT molecular complexity index is 858. The summed E-state index contributed by atoms with van der Waals surface area (Å²) >= 11 is 0. The van der Waals surface area contributed by atoms with Crippen LogP contribution in [0, 0.1) is 12.8 Å². The Morgan fingerprint density at radius 3 is 2.64 bits per heavy atom. The van der Waals surface area contributed by atoms with Gasteiger partial charge in [-0.1, -0.05) is 12.1 Å². The van der Waals surface area contributed by atoms with Crippen molar-refractivity contribution >= 4 is 21.6 Å². The summed E-state index contributed by atoms with van der Waals surface area (Å²) in [5.74, 6) is 0.507. The van der Waals surface area contributed by atoms with Crippen LogP contribution < -0.4 is 5.32 Å². The summed E-state index contributed by atoms with van der Waals surface area (Å²) in [6.45, 7) is 4.86. The summed E-state index contributed by atoms with van der Waals surface area (Å²) in [5, 5.41) is 6.31. The van der Waals surface area contributed by atoms with Crippen LogP contribution in [0.5, 0.6) is 0 Å². The van der Waals surface area contributed by atoms with Crippen molar-refractivity contribution in [3.63, 3.8) is 0 Å². The molecule has 0 bridgehead atoms.